The minimum Gasteiger partial charge on any atom is -0.352 e. The molecule has 0 saturated carbocycles. The third-order valence-corrected chi connectivity index (χ3v) is 5.64. The molecule has 0 radical (unpaired) electrons. The van der Waals surface area contributed by atoms with E-state index in [4.69, 9.17) is 4.98 Å². The van der Waals surface area contributed by atoms with E-state index >= 15 is 0 Å². The predicted molar refractivity (Wildman–Crippen MR) is 132 cm³/mol. The van der Waals surface area contributed by atoms with E-state index in [1.165, 1.54) is 5.56 Å². The zero-order valence-corrected chi connectivity index (χ0v) is 18.7. The summed E-state index contributed by atoms with van der Waals surface area (Å²) in [6, 6.07) is 20.3. The Balaban J connectivity index is 1.33. The molecule has 33 heavy (non-hydrogen) atoms. The van der Waals surface area contributed by atoms with Crippen LogP contribution in [-0.2, 0) is 11.2 Å². The van der Waals surface area contributed by atoms with Crippen molar-refractivity contribution < 1.29 is 4.79 Å². The molecule has 164 valence electrons. The zero-order valence-electron chi connectivity index (χ0n) is 18.7. The number of imidazole rings is 2. The van der Waals surface area contributed by atoms with Gasteiger partial charge in [-0.15, -0.1) is 0 Å². The van der Waals surface area contributed by atoms with Crippen LogP contribution in [0.3, 0.4) is 0 Å². The van der Waals surface area contributed by atoms with Gasteiger partial charge in [0, 0.05) is 30.8 Å². The summed E-state index contributed by atoms with van der Waals surface area (Å²) in [5.41, 5.74) is 7.88. The van der Waals surface area contributed by atoms with Gasteiger partial charge in [0.2, 0.25) is 5.91 Å². The number of amides is 1. The van der Waals surface area contributed by atoms with E-state index in [1.807, 2.05) is 60.0 Å². The van der Waals surface area contributed by atoms with Crippen molar-refractivity contribution in [2.45, 2.75) is 20.3 Å². The number of hydrogen-bond donors (Lipinski definition) is 2. The zero-order chi connectivity index (χ0) is 22.8. The molecule has 5 rings (SSSR count). The van der Waals surface area contributed by atoms with Crippen LogP contribution in [0.15, 0.2) is 72.9 Å². The molecule has 3 aromatic heterocycles. The van der Waals surface area contributed by atoms with Crippen LogP contribution in [0.5, 0.6) is 0 Å². The van der Waals surface area contributed by atoms with E-state index < -0.39 is 0 Å². The number of carbonyl (C=O) groups excluding carboxylic acids is 1. The number of para-hydroxylation sites is 2. The molecule has 0 spiro atoms. The predicted octanol–water partition coefficient (Wildman–Crippen LogP) is 4.87. The second-order valence-electron chi connectivity index (χ2n) is 8.22. The lowest BCUT2D eigenvalue weighted by atomic mass is 10.1. The third-order valence-electron chi connectivity index (χ3n) is 5.64. The highest BCUT2D eigenvalue weighted by atomic mass is 16.1. The van der Waals surface area contributed by atoms with Crippen molar-refractivity contribution in [3.8, 4) is 11.3 Å². The van der Waals surface area contributed by atoms with E-state index in [9.17, 15) is 4.79 Å². The van der Waals surface area contributed by atoms with Gasteiger partial charge in [0.1, 0.15) is 11.5 Å². The Hall–Kier alpha value is -4.19. The monoisotopic (exact) mass is 435 g/mol. The van der Waals surface area contributed by atoms with Crippen LogP contribution in [0.2, 0.25) is 0 Å². The van der Waals surface area contributed by atoms with Crippen molar-refractivity contribution in [1.82, 2.24) is 24.7 Å². The molecule has 3 heterocycles. The van der Waals surface area contributed by atoms with Crippen molar-refractivity contribution >= 4 is 28.7 Å². The molecular formula is C27H25N5O. The SMILES string of the molecule is Cc1ccc(-c2nc3cc(C)ccn3c2/C=C/C(=O)NCCc2nc3ccccc3[nH]2)cc1. The Morgan fingerprint density at radius 3 is 2.67 bits per heavy atom. The fourth-order valence-electron chi connectivity index (χ4n) is 3.89. The Kier molecular flexibility index (Phi) is 5.48. The number of pyridine rings is 1. The van der Waals surface area contributed by atoms with Crippen LogP contribution in [0.4, 0.5) is 0 Å². The van der Waals surface area contributed by atoms with E-state index in [2.05, 4.69) is 46.5 Å². The summed E-state index contributed by atoms with van der Waals surface area (Å²) >= 11 is 0. The topological polar surface area (TPSA) is 75.1 Å². The van der Waals surface area contributed by atoms with Crippen molar-refractivity contribution in [1.29, 1.82) is 0 Å². The molecule has 0 aliphatic rings. The quantitative estimate of drug-likeness (QED) is 0.374. The highest BCUT2D eigenvalue weighted by Crippen LogP contribution is 2.26. The van der Waals surface area contributed by atoms with Gasteiger partial charge in [-0.2, -0.15) is 0 Å². The van der Waals surface area contributed by atoms with Crippen LogP contribution >= 0.6 is 0 Å². The molecule has 2 aromatic carbocycles. The van der Waals surface area contributed by atoms with Crippen molar-refractivity contribution in [3.63, 3.8) is 0 Å². The normalized spacial score (nSPS) is 11.6. The average Bonchev–Trinajstić information content (AvgIpc) is 3.38. The summed E-state index contributed by atoms with van der Waals surface area (Å²) in [5, 5.41) is 2.95. The molecule has 1 amide bonds. The first-order valence-electron chi connectivity index (χ1n) is 11.0. The minimum absolute atomic E-state index is 0.150. The number of carbonyl (C=O) groups is 1. The van der Waals surface area contributed by atoms with Crippen molar-refractivity contribution in [3.05, 3.63) is 95.6 Å². The fourth-order valence-corrected chi connectivity index (χ4v) is 3.89. The second-order valence-corrected chi connectivity index (χ2v) is 8.22. The van der Waals surface area contributed by atoms with Gasteiger partial charge in [-0.25, -0.2) is 9.97 Å². The molecule has 0 unspecified atom stereocenters. The number of hydrogen-bond acceptors (Lipinski definition) is 3. The first kappa shape index (κ1) is 20.7. The summed E-state index contributed by atoms with van der Waals surface area (Å²) < 4.78 is 2.01. The number of aromatic nitrogens is 4. The van der Waals surface area contributed by atoms with Gasteiger partial charge < -0.3 is 10.3 Å². The Morgan fingerprint density at radius 1 is 1.03 bits per heavy atom. The largest absolute Gasteiger partial charge is 0.352 e. The maximum absolute atomic E-state index is 12.5. The van der Waals surface area contributed by atoms with E-state index in [0.717, 1.165) is 45.0 Å². The number of benzene rings is 2. The Bertz CT molecular complexity index is 1440. The van der Waals surface area contributed by atoms with Crippen LogP contribution in [0, 0.1) is 13.8 Å². The average molecular weight is 436 g/mol. The molecule has 0 atom stereocenters. The third kappa shape index (κ3) is 4.41. The van der Waals surface area contributed by atoms with E-state index in [0.29, 0.717) is 13.0 Å². The summed E-state index contributed by atoms with van der Waals surface area (Å²) in [6.45, 7) is 4.61. The number of nitrogens with one attached hydrogen (secondary N) is 2. The Morgan fingerprint density at radius 2 is 1.85 bits per heavy atom. The van der Waals surface area contributed by atoms with E-state index in [1.54, 1.807) is 6.08 Å². The lowest BCUT2D eigenvalue weighted by molar-refractivity contribution is -0.116. The molecule has 0 saturated heterocycles. The summed E-state index contributed by atoms with van der Waals surface area (Å²) in [4.78, 5) is 25.2. The van der Waals surface area contributed by atoms with E-state index in [-0.39, 0.29) is 5.91 Å². The molecule has 0 bridgehead atoms. The molecular weight excluding hydrogens is 410 g/mol. The van der Waals surface area contributed by atoms with Crippen LogP contribution in [-0.4, -0.2) is 31.8 Å². The maximum Gasteiger partial charge on any atom is 0.244 e. The number of H-pyrrole nitrogens is 1. The van der Waals surface area contributed by atoms with Gasteiger partial charge in [0.25, 0.3) is 0 Å². The standard InChI is InChI=1S/C27H25N5O/c1-18-7-9-20(10-8-18)27-23(32-16-14-19(2)17-25(32)31-27)11-12-26(33)28-15-13-24-29-21-5-3-4-6-22(21)30-24/h3-12,14,16-17H,13,15H2,1-2H3,(H,28,33)(H,29,30)/b12-11+. The number of aromatic amines is 1. The second kappa shape index (κ2) is 8.74. The molecule has 0 aliphatic carbocycles. The summed E-state index contributed by atoms with van der Waals surface area (Å²) in [6.07, 6.45) is 6.03. The van der Waals surface area contributed by atoms with Crippen molar-refractivity contribution in [2.24, 2.45) is 0 Å². The summed E-state index contributed by atoms with van der Waals surface area (Å²) in [5.74, 6) is 0.710. The highest BCUT2D eigenvalue weighted by molar-refractivity contribution is 5.92. The van der Waals surface area contributed by atoms with Gasteiger partial charge in [-0.1, -0.05) is 42.0 Å². The van der Waals surface area contributed by atoms with Crippen molar-refractivity contribution in [2.75, 3.05) is 6.54 Å². The first-order chi connectivity index (χ1) is 16.1. The molecule has 5 aromatic rings. The van der Waals surface area contributed by atoms with Gasteiger partial charge in [0.05, 0.1) is 22.4 Å². The van der Waals surface area contributed by atoms with Gasteiger partial charge in [0.15, 0.2) is 0 Å². The number of nitrogens with zero attached hydrogens (tertiary/aromatic N) is 3. The van der Waals surface area contributed by atoms with Gasteiger partial charge in [-0.05, 0) is 49.8 Å². The number of fused-ring (bicyclic) bond motifs is 2. The number of rotatable bonds is 6. The molecule has 2 N–H and O–H groups in total. The van der Waals surface area contributed by atoms with Crippen LogP contribution in [0.1, 0.15) is 22.6 Å². The summed E-state index contributed by atoms with van der Waals surface area (Å²) in [7, 11) is 0. The minimum atomic E-state index is -0.150. The number of aryl methyl sites for hydroxylation is 2. The van der Waals surface area contributed by atoms with Gasteiger partial charge in [-0.3, -0.25) is 9.20 Å². The highest BCUT2D eigenvalue weighted by Gasteiger charge is 2.12. The fraction of sp³-hybridized carbons (Fsp3) is 0.148. The lowest BCUT2D eigenvalue weighted by Gasteiger charge is -2.03. The smallest absolute Gasteiger partial charge is 0.244 e. The Labute approximate surface area is 192 Å². The van der Waals surface area contributed by atoms with Crippen LogP contribution in [0.25, 0.3) is 34.0 Å². The molecule has 6 nitrogen and oxygen atoms in total. The molecule has 6 heteroatoms. The molecule has 0 aliphatic heterocycles. The lowest BCUT2D eigenvalue weighted by Crippen LogP contribution is -2.23. The maximum atomic E-state index is 12.5. The molecule has 0 fully saturated rings. The van der Waals surface area contributed by atoms with Gasteiger partial charge >= 0.3 is 0 Å². The van der Waals surface area contributed by atoms with Crippen LogP contribution < -0.4 is 5.32 Å². The first-order valence-corrected chi connectivity index (χ1v) is 11.0.